The number of carbonyl (C=O) groups is 1. The fourth-order valence-corrected chi connectivity index (χ4v) is 3.28. The molecular formula is C18H19N3O2S. The third-order valence-corrected chi connectivity index (χ3v) is 4.64. The van der Waals surface area contributed by atoms with Crippen molar-refractivity contribution in [2.75, 3.05) is 38.2 Å². The van der Waals surface area contributed by atoms with E-state index in [1.54, 1.807) is 29.5 Å². The highest BCUT2D eigenvalue weighted by molar-refractivity contribution is 7.13. The second-order valence-corrected chi connectivity index (χ2v) is 6.35. The third kappa shape index (κ3) is 4.13. The highest BCUT2D eigenvalue weighted by Crippen LogP contribution is 2.18. The number of aromatic nitrogens is 1. The van der Waals surface area contributed by atoms with Gasteiger partial charge in [-0.3, -0.25) is 4.79 Å². The molecule has 1 amide bonds. The molecule has 0 saturated carbocycles. The Balaban J connectivity index is 1.57. The van der Waals surface area contributed by atoms with Gasteiger partial charge in [-0.05, 0) is 17.7 Å². The van der Waals surface area contributed by atoms with E-state index in [2.05, 4.69) is 21.7 Å². The molecule has 1 aliphatic heterocycles. The Morgan fingerprint density at radius 1 is 1.33 bits per heavy atom. The summed E-state index contributed by atoms with van der Waals surface area (Å²) in [5, 5.41) is 2.99. The Morgan fingerprint density at radius 2 is 2.17 bits per heavy atom. The Bertz CT molecular complexity index is 741. The van der Waals surface area contributed by atoms with Gasteiger partial charge in [0.2, 0.25) is 0 Å². The lowest BCUT2D eigenvalue weighted by atomic mass is 10.1. The monoisotopic (exact) mass is 341 g/mol. The molecule has 0 N–H and O–H groups in total. The van der Waals surface area contributed by atoms with Crippen LogP contribution >= 0.6 is 11.3 Å². The van der Waals surface area contributed by atoms with E-state index in [1.165, 1.54) is 0 Å². The van der Waals surface area contributed by atoms with E-state index in [4.69, 9.17) is 4.74 Å². The van der Waals surface area contributed by atoms with Crippen molar-refractivity contribution in [2.24, 2.45) is 0 Å². The molecule has 124 valence electrons. The van der Waals surface area contributed by atoms with Gasteiger partial charge in [-0.25, -0.2) is 4.98 Å². The quantitative estimate of drug-likeness (QED) is 0.801. The number of benzene rings is 1. The van der Waals surface area contributed by atoms with Crippen molar-refractivity contribution in [3.05, 3.63) is 47.0 Å². The van der Waals surface area contributed by atoms with E-state index in [9.17, 15) is 4.79 Å². The number of hydrogen-bond donors (Lipinski definition) is 0. The molecule has 3 rings (SSSR count). The average molecular weight is 341 g/mol. The van der Waals surface area contributed by atoms with Crippen molar-refractivity contribution in [1.82, 2.24) is 9.88 Å². The van der Waals surface area contributed by atoms with Crippen LogP contribution in [0.2, 0.25) is 0 Å². The first-order valence-corrected chi connectivity index (χ1v) is 8.67. The third-order valence-electron chi connectivity index (χ3n) is 3.81. The molecule has 1 saturated heterocycles. The average Bonchev–Trinajstić information content (AvgIpc) is 3.15. The lowest BCUT2D eigenvalue weighted by Crippen LogP contribution is -2.48. The van der Waals surface area contributed by atoms with Gasteiger partial charge in [0.05, 0.1) is 6.61 Å². The van der Waals surface area contributed by atoms with Crippen molar-refractivity contribution >= 4 is 22.4 Å². The second-order valence-electron chi connectivity index (χ2n) is 5.48. The summed E-state index contributed by atoms with van der Waals surface area (Å²) >= 11 is 1.63. The van der Waals surface area contributed by atoms with Crippen LogP contribution in [0.15, 0.2) is 35.8 Å². The molecular weight excluding hydrogens is 322 g/mol. The minimum absolute atomic E-state index is 0.120. The molecule has 0 bridgehead atoms. The summed E-state index contributed by atoms with van der Waals surface area (Å²) < 4.78 is 5.11. The molecule has 0 unspecified atom stereocenters. The van der Waals surface area contributed by atoms with E-state index in [-0.39, 0.29) is 5.91 Å². The highest BCUT2D eigenvalue weighted by Gasteiger charge is 2.21. The van der Waals surface area contributed by atoms with Crippen molar-refractivity contribution in [3.63, 3.8) is 0 Å². The number of nitrogens with zero attached hydrogens (tertiary/aromatic N) is 3. The number of hydrogen-bond acceptors (Lipinski definition) is 5. The summed E-state index contributed by atoms with van der Waals surface area (Å²) in [6.45, 7) is 3.49. The van der Waals surface area contributed by atoms with Crippen LogP contribution in [-0.4, -0.2) is 49.1 Å². The van der Waals surface area contributed by atoms with Gasteiger partial charge in [0.15, 0.2) is 5.13 Å². The van der Waals surface area contributed by atoms with Gasteiger partial charge in [0, 0.05) is 56.3 Å². The first-order chi connectivity index (χ1) is 11.8. The molecule has 6 heteroatoms. The van der Waals surface area contributed by atoms with Crippen LogP contribution in [0.4, 0.5) is 5.13 Å². The minimum atomic E-state index is -0.120. The Hall–Kier alpha value is -2.36. The van der Waals surface area contributed by atoms with E-state index >= 15 is 0 Å². The first kappa shape index (κ1) is 16.5. The standard InChI is InChI=1S/C18H19N3O2S/c1-23-14-16-4-2-3-15(13-16)5-6-17(22)20-8-10-21(11-9-20)18-19-7-12-24-18/h2-4,7,12-13H,8-11,14H2,1H3. The fourth-order valence-electron chi connectivity index (χ4n) is 2.58. The molecule has 0 radical (unpaired) electrons. The maximum atomic E-state index is 12.3. The molecule has 0 spiro atoms. The lowest BCUT2D eigenvalue weighted by molar-refractivity contribution is -0.125. The van der Waals surface area contributed by atoms with Crippen molar-refractivity contribution in [2.45, 2.75) is 6.61 Å². The van der Waals surface area contributed by atoms with Gasteiger partial charge in [-0.15, -0.1) is 11.3 Å². The van der Waals surface area contributed by atoms with Crippen molar-refractivity contribution in [3.8, 4) is 11.8 Å². The van der Waals surface area contributed by atoms with Gasteiger partial charge in [-0.1, -0.05) is 18.1 Å². The number of anilines is 1. The number of piperazine rings is 1. The molecule has 0 aliphatic carbocycles. The van der Waals surface area contributed by atoms with Crippen LogP contribution in [0.1, 0.15) is 11.1 Å². The van der Waals surface area contributed by atoms with Crippen LogP contribution in [0, 0.1) is 11.8 Å². The van der Waals surface area contributed by atoms with Crippen LogP contribution in [-0.2, 0) is 16.1 Å². The Kier molecular flexibility index (Phi) is 5.47. The van der Waals surface area contributed by atoms with Gasteiger partial charge in [0.1, 0.15) is 0 Å². The Morgan fingerprint density at radius 3 is 2.88 bits per heavy atom. The van der Waals surface area contributed by atoms with Crippen LogP contribution in [0.3, 0.4) is 0 Å². The number of thiazole rings is 1. The van der Waals surface area contributed by atoms with Gasteiger partial charge >= 0.3 is 0 Å². The zero-order chi connectivity index (χ0) is 16.8. The highest BCUT2D eigenvalue weighted by atomic mass is 32.1. The maximum Gasteiger partial charge on any atom is 0.298 e. The van der Waals surface area contributed by atoms with E-state index in [0.29, 0.717) is 19.7 Å². The topological polar surface area (TPSA) is 45.7 Å². The van der Waals surface area contributed by atoms with Gasteiger partial charge < -0.3 is 14.5 Å². The summed E-state index contributed by atoms with van der Waals surface area (Å²) in [4.78, 5) is 20.6. The number of carbonyl (C=O) groups excluding carboxylic acids is 1. The van der Waals surface area contributed by atoms with Crippen molar-refractivity contribution in [1.29, 1.82) is 0 Å². The summed E-state index contributed by atoms with van der Waals surface area (Å²) in [6, 6.07) is 7.76. The molecule has 1 aromatic heterocycles. The summed E-state index contributed by atoms with van der Waals surface area (Å²) in [6.07, 6.45) is 1.81. The summed E-state index contributed by atoms with van der Waals surface area (Å²) in [7, 11) is 1.66. The Labute approximate surface area is 145 Å². The molecule has 1 fully saturated rings. The number of ether oxygens (including phenoxy) is 1. The lowest BCUT2D eigenvalue weighted by Gasteiger charge is -2.33. The van der Waals surface area contributed by atoms with E-state index in [1.807, 2.05) is 29.6 Å². The fraction of sp³-hybridized carbons (Fsp3) is 0.333. The minimum Gasteiger partial charge on any atom is -0.380 e. The maximum absolute atomic E-state index is 12.3. The number of methoxy groups -OCH3 is 1. The summed E-state index contributed by atoms with van der Waals surface area (Å²) in [5.74, 6) is 5.59. The van der Waals surface area contributed by atoms with E-state index in [0.717, 1.165) is 29.3 Å². The molecule has 0 atom stereocenters. The van der Waals surface area contributed by atoms with Gasteiger partial charge in [-0.2, -0.15) is 0 Å². The SMILES string of the molecule is COCc1cccc(C#CC(=O)N2CCN(c3nccs3)CC2)c1. The smallest absolute Gasteiger partial charge is 0.298 e. The van der Waals surface area contributed by atoms with Crippen LogP contribution in [0.5, 0.6) is 0 Å². The normalized spacial score (nSPS) is 14.2. The predicted octanol–water partition coefficient (Wildman–Crippen LogP) is 1.99. The molecule has 5 nitrogen and oxygen atoms in total. The van der Waals surface area contributed by atoms with Crippen molar-refractivity contribution < 1.29 is 9.53 Å². The largest absolute Gasteiger partial charge is 0.380 e. The number of rotatable bonds is 3. The van der Waals surface area contributed by atoms with Crippen LogP contribution < -0.4 is 4.90 Å². The molecule has 24 heavy (non-hydrogen) atoms. The molecule has 1 aliphatic rings. The first-order valence-electron chi connectivity index (χ1n) is 7.79. The van der Waals surface area contributed by atoms with Gasteiger partial charge in [0.25, 0.3) is 5.91 Å². The number of amides is 1. The molecule has 2 aromatic rings. The van der Waals surface area contributed by atoms with Crippen LogP contribution in [0.25, 0.3) is 0 Å². The second kappa shape index (κ2) is 7.95. The zero-order valence-corrected chi connectivity index (χ0v) is 14.4. The molecule has 1 aromatic carbocycles. The predicted molar refractivity (Wildman–Crippen MR) is 94.9 cm³/mol. The molecule has 2 heterocycles. The zero-order valence-electron chi connectivity index (χ0n) is 13.6. The summed E-state index contributed by atoms with van der Waals surface area (Å²) in [5.41, 5.74) is 1.88. The van der Waals surface area contributed by atoms with E-state index < -0.39 is 0 Å².